The molecule has 0 unspecified atom stereocenters. The number of aromatic nitrogens is 1. The van der Waals surface area contributed by atoms with Crippen LogP contribution in [0.1, 0.15) is 50.5 Å². The Hall–Kier alpha value is -2.11. The van der Waals surface area contributed by atoms with Crippen molar-refractivity contribution in [2.24, 2.45) is 11.8 Å². The lowest BCUT2D eigenvalue weighted by molar-refractivity contribution is -0.139. The molecule has 6 heteroatoms. The minimum atomic E-state index is -0.0802. The summed E-state index contributed by atoms with van der Waals surface area (Å²) in [4.78, 5) is 31.0. The zero-order valence-electron chi connectivity index (χ0n) is 16.4. The highest BCUT2D eigenvalue weighted by atomic mass is 16.2. The lowest BCUT2D eigenvalue weighted by Gasteiger charge is -2.35. The third-order valence-electron chi connectivity index (χ3n) is 5.72. The zero-order chi connectivity index (χ0) is 19.1. The second-order valence-electron chi connectivity index (χ2n) is 7.97. The van der Waals surface area contributed by atoms with Gasteiger partial charge in [-0.15, -0.1) is 0 Å². The third kappa shape index (κ3) is 5.94. The van der Waals surface area contributed by atoms with Gasteiger partial charge in [0.25, 0.3) is 0 Å². The van der Waals surface area contributed by atoms with Crippen LogP contribution in [0.15, 0.2) is 18.3 Å². The maximum atomic E-state index is 12.5. The van der Waals surface area contributed by atoms with Gasteiger partial charge in [0.1, 0.15) is 5.82 Å². The Morgan fingerprint density at radius 1 is 1.22 bits per heavy atom. The quantitative estimate of drug-likeness (QED) is 0.722. The van der Waals surface area contributed by atoms with E-state index < -0.39 is 0 Å². The Kier molecular flexibility index (Phi) is 7.07. The van der Waals surface area contributed by atoms with Crippen molar-refractivity contribution in [3.63, 3.8) is 0 Å². The summed E-state index contributed by atoms with van der Waals surface area (Å²) in [6, 6.07) is 3.94. The molecule has 0 spiro atoms. The highest BCUT2D eigenvalue weighted by Gasteiger charge is 2.31. The molecule has 2 amide bonds. The van der Waals surface area contributed by atoms with Crippen molar-refractivity contribution >= 4 is 17.6 Å². The van der Waals surface area contributed by atoms with Crippen molar-refractivity contribution < 1.29 is 9.59 Å². The van der Waals surface area contributed by atoms with Crippen LogP contribution in [-0.2, 0) is 9.59 Å². The standard InChI is InChI=1S/C21H32N4O2/c1-16-9-10-22-19(13-16)23-11-12-24-21(27)18-7-8-20(26)25(15-18)14-17-5-3-2-4-6-17/h9-10,13,17-18H,2-8,11-12,14-15H2,1H3,(H,22,23)(H,24,27)/t18-/m1/s1. The SMILES string of the molecule is Cc1ccnc(NCCNC(=O)[C@@H]2CCC(=O)N(CC3CCCCC3)C2)c1. The van der Waals surface area contributed by atoms with Gasteiger partial charge in [-0.1, -0.05) is 19.3 Å². The smallest absolute Gasteiger partial charge is 0.224 e. The second-order valence-corrected chi connectivity index (χ2v) is 7.97. The summed E-state index contributed by atoms with van der Waals surface area (Å²) in [5.74, 6) is 1.65. The summed E-state index contributed by atoms with van der Waals surface area (Å²) in [5, 5.41) is 6.23. The van der Waals surface area contributed by atoms with E-state index in [-0.39, 0.29) is 17.7 Å². The molecule has 2 fully saturated rings. The first kappa shape index (κ1) is 19.6. The van der Waals surface area contributed by atoms with Crippen LogP contribution in [0, 0.1) is 18.8 Å². The minimum Gasteiger partial charge on any atom is -0.368 e. The number of rotatable bonds is 7. The average Bonchev–Trinajstić information content (AvgIpc) is 2.68. The molecule has 1 atom stereocenters. The minimum absolute atomic E-state index is 0.0649. The second kappa shape index (κ2) is 9.72. The molecular formula is C21H32N4O2. The molecule has 1 saturated carbocycles. The fourth-order valence-electron chi connectivity index (χ4n) is 4.14. The maximum Gasteiger partial charge on any atom is 0.224 e. The number of aryl methyl sites for hydroxylation is 1. The van der Waals surface area contributed by atoms with Gasteiger partial charge >= 0.3 is 0 Å². The summed E-state index contributed by atoms with van der Waals surface area (Å²) in [6.45, 7) is 4.64. The number of hydrogen-bond acceptors (Lipinski definition) is 4. The number of likely N-dealkylation sites (tertiary alicyclic amines) is 1. The summed E-state index contributed by atoms with van der Waals surface area (Å²) in [5.41, 5.74) is 1.15. The summed E-state index contributed by atoms with van der Waals surface area (Å²) < 4.78 is 0. The number of carbonyl (C=O) groups is 2. The van der Waals surface area contributed by atoms with Gasteiger partial charge in [-0.2, -0.15) is 0 Å². The predicted molar refractivity (Wildman–Crippen MR) is 106 cm³/mol. The Bertz CT molecular complexity index is 643. The lowest BCUT2D eigenvalue weighted by Crippen LogP contribution is -2.47. The Labute approximate surface area is 162 Å². The van der Waals surface area contributed by atoms with Gasteiger partial charge in [0, 0.05) is 38.8 Å². The molecule has 0 bridgehead atoms. The molecule has 3 rings (SSSR count). The van der Waals surface area contributed by atoms with Gasteiger partial charge in [-0.25, -0.2) is 4.98 Å². The average molecular weight is 373 g/mol. The van der Waals surface area contributed by atoms with E-state index >= 15 is 0 Å². The third-order valence-corrected chi connectivity index (χ3v) is 5.72. The van der Waals surface area contributed by atoms with Gasteiger partial charge in [0.2, 0.25) is 11.8 Å². The Balaban J connectivity index is 1.40. The molecule has 1 aromatic rings. The molecule has 1 aliphatic heterocycles. The molecule has 27 heavy (non-hydrogen) atoms. The first-order valence-corrected chi connectivity index (χ1v) is 10.3. The van der Waals surface area contributed by atoms with Crippen LogP contribution in [0.4, 0.5) is 5.82 Å². The van der Waals surface area contributed by atoms with Gasteiger partial charge in [-0.05, 0) is 49.8 Å². The maximum absolute atomic E-state index is 12.5. The van der Waals surface area contributed by atoms with E-state index in [4.69, 9.17) is 0 Å². The van der Waals surface area contributed by atoms with Crippen LogP contribution in [0.2, 0.25) is 0 Å². The van der Waals surface area contributed by atoms with E-state index in [0.29, 0.717) is 38.4 Å². The van der Waals surface area contributed by atoms with E-state index in [0.717, 1.165) is 17.9 Å². The van der Waals surface area contributed by atoms with Crippen LogP contribution < -0.4 is 10.6 Å². The molecule has 2 heterocycles. The van der Waals surface area contributed by atoms with Crippen molar-refractivity contribution in [2.45, 2.75) is 51.9 Å². The van der Waals surface area contributed by atoms with Crippen LogP contribution >= 0.6 is 0 Å². The molecular weight excluding hydrogens is 340 g/mol. The number of hydrogen-bond donors (Lipinski definition) is 2. The van der Waals surface area contributed by atoms with E-state index in [9.17, 15) is 9.59 Å². The van der Waals surface area contributed by atoms with E-state index in [1.54, 1.807) is 6.20 Å². The van der Waals surface area contributed by atoms with Crippen molar-refractivity contribution in [3.05, 3.63) is 23.9 Å². The van der Waals surface area contributed by atoms with Crippen LogP contribution in [0.3, 0.4) is 0 Å². The van der Waals surface area contributed by atoms with E-state index in [1.807, 2.05) is 24.0 Å². The zero-order valence-corrected chi connectivity index (χ0v) is 16.4. The van der Waals surface area contributed by atoms with E-state index in [2.05, 4.69) is 15.6 Å². The largest absolute Gasteiger partial charge is 0.368 e. The number of anilines is 1. The molecule has 1 aromatic heterocycles. The molecule has 0 radical (unpaired) electrons. The number of carbonyl (C=O) groups excluding carboxylic acids is 2. The fraction of sp³-hybridized carbons (Fsp3) is 0.667. The molecule has 1 aliphatic carbocycles. The first-order valence-electron chi connectivity index (χ1n) is 10.3. The molecule has 2 aliphatic rings. The summed E-state index contributed by atoms with van der Waals surface area (Å²) in [7, 11) is 0. The number of amides is 2. The number of pyridine rings is 1. The Morgan fingerprint density at radius 3 is 2.81 bits per heavy atom. The lowest BCUT2D eigenvalue weighted by atomic mass is 9.87. The van der Waals surface area contributed by atoms with Gasteiger partial charge in [-0.3, -0.25) is 9.59 Å². The number of nitrogens with one attached hydrogen (secondary N) is 2. The van der Waals surface area contributed by atoms with Gasteiger partial charge < -0.3 is 15.5 Å². The van der Waals surface area contributed by atoms with Crippen LogP contribution in [0.5, 0.6) is 0 Å². The summed E-state index contributed by atoms with van der Waals surface area (Å²) >= 11 is 0. The number of piperidine rings is 1. The highest BCUT2D eigenvalue weighted by Crippen LogP contribution is 2.27. The first-order chi connectivity index (χ1) is 13.1. The van der Waals surface area contributed by atoms with Gasteiger partial charge in [0.15, 0.2) is 0 Å². The number of nitrogens with zero attached hydrogens (tertiary/aromatic N) is 2. The van der Waals surface area contributed by atoms with Crippen molar-refractivity contribution in [1.29, 1.82) is 0 Å². The molecule has 6 nitrogen and oxygen atoms in total. The Morgan fingerprint density at radius 2 is 2.04 bits per heavy atom. The van der Waals surface area contributed by atoms with Gasteiger partial charge in [0.05, 0.1) is 5.92 Å². The molecule has 0 aromatic carbocycles. The molecule has 1 saturated heterocycles. The summed E-state index contributed by atoms with van der Waals surface area (Å²) in [6.07, 6.45) is 9.25. The van der Waals surface area contributed by atoms with Crippen molar-refractivity contribution in [1.82, 2.24) is 15.2 Å². The highest BCUT2D eigenvalue weighted by molar-refractivity contribution is 5.83. The van der Waals surface area contributed by atoms with Crippen LogP contribution in [-0.4, -0.2) is 47.9 Å². The van der Waals surface area contributed by atoms with Crippen molar-refractivity contribution in [3.8, 4) is 0 Å². The van der Waals surface area contributed by atoms with Crippen molar-refractivity contribution in [2.75, 3.05) is 31.5 Å². The topological polar surface area (TPSA) is 74.3 Å². The normalized spacial score (nSPS) is 21.1. The predicted octanol–water partition coefficient (Wildman–Crippen LogP) is 2.74. The van der Waals surface area contributed by atoms with E-state index in [1.165, 1.54) is 32.1 Å². The molecule has 2 N–H and O–H groups in total. The fourth-order valence-corrected chi connectivity index (χ4v) is 4.14. The molecule has 148 valence electrons. The monoisotopic (exact) mass is 372 g/mol. The van der Waals surface area contributed by atoms with Crippen LogP contribution in [0.25, 0.3) is 0 Å².